The summed E-state index contributed by atoms with van der Waals surface area (Å²) in [5.74, 6) is 1.91. The van der Waals surface area contributed by atoms with E-state index in [1.54, 1.807) is 10.9 Å². The van der Waals surface area contributed by atoms with Gasteiger partial charge in [-0.2, -0.15) is 4.98 Å². The van der Waals surface area contributed by atoms with Gasteiger partial charge in [0.15, 0.2) is 5.76 Å². The van der Waals surface area contributed by atoms with Crippen molar-refractivity contribution in [2.75, 3.05) is 11.1 Å². The van der Waals surface area contributed by atoms with Gasteiger partial charge < -0.3 is 15.5 Å². The number of rotatable bonds is 4. The van der Waals surface area contributed by atoms with Crippen LogP contribution in [0.25, 0.3) is 11.6 Å². The molecule has 0 aliphatic rings. The highest BCUT2D eigenvalue weighted by Gasteiger charge is 2.10. The van der Waals surface area contributed by atoms with Crippen molar-refractivity contribution in [3.8, 4) is 11.6 Å². The third kappa shape index (κ3) is 2.49. The Morgan fingerprint density at radius 2 is 2.05 bits per heavy atom. The van der Waals surface area contributed by atoms with E-state index in [1.165, 1.54) is 0 Å². The highest BCUT2D eigenvalue weighted by molar-refractivity contribution is 5.49. The molecule has 1 aromatic carbocycles. The van der Waals surface area contributed by atoms with Crippen molar-refractivity contribution < 1.29 is 4.42 Å². The van der Waals surface area contributed by atoms with E-state index in [0.717, 1.165) is 11.3 Å². The first-order valence-corrected chi connectivity index (χ1v) is 6.25. The molecule has 0 aliphatic carbocycles. The molecule has 2 aromatic heterocycles. The molecule has 0 atom stereocenters. The molecule has 6 nitrogen and oxygen atoms in total. The Morgan fingerprint density at radius 1 is 1.25 bits per heavy atom. The monoisotopic (exact) mass is 269 g/mol. The minimum atomic E-state index is 0.567. The van der Waals surface area contributed by atoms with Crippen molar-refractivity contribution in [3.05, 3.63) is 48.2 Å². The highest BCUT2D eigenvalue weighted by Crippen LogP contribution is 2.17. The molecule has 20 heavy (non-hydrogen) atoms. The van der Waals surface area contributed by atoms with E-state index >= 15 is 0 Å². The lowest BCUT2D eigenvalue weighted by Crippen LogP contribution is -2.05. The summed E-state index contributed by atoms with van der Waals surface area (Å²) in [6.07, 6.45) is 1.60. The van der Waals surface area contributed by atoms with Crippen molar-refractivity contribution in [3.63, 3.8) is 0 Å². The first kappa shape index (κ1) is 12.3. The van der Waals surface area contributed by atoms with Gasteiger partial charge in [-0.15, -0.1) is 5.10 Å². The van der Waals surface area contributed by atoms with Gasteiger partial charge in [-0.05, 0) is 29.8 Å². The molecule has 0 saturated carbocycles. The van der Waals surface area contributed by atoms with Crippen LogP contribution < -0.4 is 11.1 Å². The number of hydrogen-bond acceptors (Lipinski definition) is 5. The van der Waals surface area contributed by atoms with Gasteiger partial charge in [-0.3, -0.25) is 0 Å². The smallest absolute Gasteiger partial charge is 0.221 e. The number of hydrogen-bond donors (Lipinski definition) is 2. The maximum absolute atomic E-state index is 5.66. The highest BCUT2D eigenvalue weighted by atomic mass is 16.3. The SMILES string of the molecule is Cn1nc(-c2ccco2)nc1NCc1ccc(N)cc1. The van der Waals surface area contributed by atoms with Crippen LogP contribution in [-0.2, 0) is 13.6 Å². The van der Waals surface area contributed by atoms with Crippen LogP contribution in [0.5, 0.6) is 0 Å². The number of aryl methyl sites for hydroxylation is 1. The van der Waals surface area contributed by atoms with Crippen molar-refractivity contribution >= 4 is 11.6 Å². The van der Waals surface area contributed by atoms with Gasteiger partial charge in [-0.1, -0.05) is 12.1 Å². The zero-order valence-electron chi connectivity index (χ0n) is 11.1. The molecule has 0 spiro atoms. The van der Waals surface area contributed by atoms with Gasteiger partial charge in [0.25, 0.3) is 0 Å². The largest absolute Gasteiger partial charge is 0.461 e. The third-order valence-electron chi connectivity index (χ3n) is 2.93. The Kier molecular flexibility index (Phi) is 3.12. The average Bonchev–Trinajstić information content (AvgIpc) is 3.08. The van der Waals surface area contributed by atoms with Gasteiger partial charge in [0.05, 0.1) is 6.26 Å². The van der Waals surface area contributed by atoms with Crippen LogP contribution in [0, 0.1) is 0 Å². The number of furan rings is 1. The zero-order chi connectivity index (χ0) is 13.9. The molecule has 102 valence electrons. The standard InChI is InChI=1S/C14H15N5O/c1-19-14(16-9-10-4-6-11(15)7-5-10)17-13(18-19)12-3-2-8-20-12/h2-8H,9,15H2,1H3,(H,16,17,18). The zero-order valence-corrected chi connectivity index (χ0v) is 11.1. The van der Waals surface area contributed by atoms with E-state index < -0.39 is 0 Å². The minimum absolute atomic E-state index is 0.567. The summed E-state index contributed by atoms with van der Waals surface area (Å²) in [6, 6.07) is 11.4. The molecular formula is C14H15N5O. The second-order valence-corrected chi connectivity index (χ2v) is 4.46. The second kappa shape index (κ2) is 5.08. The van der Waals surface area contributed by atoms with Gasteiger partial charge in [0.2, 0.25) is 11.8 Å². The van der Waals surface area contributed by atoms with Crippen molar-refractivity contribution in [1.29, 1.82) is 0 Å². The number of nitrogens with zero attached hydrogens (tertiary/aromatic N) is 3. The number of nitrogen functional groups attached to an aromatic ring is 1. The summed E-state index contributed by atoms with van der Waals surface area (Å²) in [6.45, 7) is 0.657. The van der Waals surface area contributed by atoms with Gasteiger partial charge in [-0.25, -0.2) is 4.68 Å². The number of benzene rings is 1. The van der Waals surface area contributed by atoms with Gasteiger partial charge >= 0.3 is 0 Å². The molecule has 0 saturated heterocycles. The fourth-order valence-corrected chi connectivity index (χ4v) is 1.87. The van der Waals surface area contributed by atoms with Gasteiger partial charge in [0, 0.05) is 19.3 Å². The second-order valence-electron chi connectivity index (χ2n) is 4.46. The fraction of sp³-hybridized carbons (Fsp3) is 0.143. The van der Waals surface area contributed by atoms with E-state index in [0.29, 0.717) is 24.1 Å². The molecule has 3 aromatic rings. The molecule has 0 fully saturated rings. The van der Waals surface area contributed by atoms with Crippen LogP contribution in [0.15, 0.2) is 47.1 Å². The maximum Gasteiger partial charge on any atom is 0.221 e. The van der Waals surface area contributed by atoms with E-state index in [-0.39, 0.29) is 0 Å². The van der Waals surface area contributed by atoms with E-state index in [4.69, 9.17) is 10.2 Å². The summed E-state index contributed by atoms with van der Waals surface area (Å²) in [5.41, 5.74) is 7.54. The lowest BCUT2D eigenvalue weighted by Gasteiger charge is -2.04. The minimum Gasteiger partial charge on any atom is -0.461 e. The molecule has 2 heterocycles. The lowest BCUT2D eigenvalue weighted by atomic mass is 10.2. The molecule has 0 aliphatic heterocycles. The number of aromatic nitrogens is 3. The lowest BCUT2D eigenvalue weighted by molar-refractivity contribution is 0.576. The summed E-state index contributed by atoms with van der Waals surface area (Å²) >= 11 is 0. The molecule has 0 amide bonds. The van der Waals surface area contributed by atoms with Crippen LogP contribution >= 0.6 is 0 Å². The topological polar surface area (TPSA) is 81.9 Å². The van der Waals surface area contributed by atoms with E-state index in [2.05, 4.69) is 15.4 Å². The maximum atomic E-state index is 5.66. The average molecular weight is 269 g/mol. The van der Waals surface area contributed by atoms with Crippen LogP contribution in [0.3, 0.4) is 0 Å². The van der Waals surface area contributed by atoms with Crippen molar-refractivity contribution in [2.45, 2.75) is 6.54 Å². The number of nitrogens with two attached hydrogens (primary N) is 1. The van der Waals surface area contributed by atoms with E-state index in [1.807, 2.05) is 43.4 Å². The van der Waals surface area contributed by atoms with Crippen LogP contribution in [-0.4, -0.2) is 14.8 Å². The van der Waals surface area contributed by atoms with Crippen LogP contribution in [0.4, 0.5) is 11.6 Å². The molecule has 3 rings (SSSR count). The Hall–Kier alpha value is -2.76. The molecule has 0 unspecified atom stereocenters. The van der Waals surface area contributed by atoms with Gasteiger partial charge in [0.1, 0.15) is 0 Å². The molecule has 3 N–H and O–H groups in total. The van der Waals surface area contributed by atoms with Crippen molar-refractivity contribution in [1.82, 2.24) is 14.8 Å². The quantitative estimate of drug-likeness (QED) is 0.710. The number of nitrogens with one attached hydrogen (secondary N) is 1. The van der Waals surface area contributed by atoms with Crippen molar-refractivity contribution in [2.24, 2.45) is 7.05 Å². The molecule has 0 radical (unpaired) electrons. The van der Waals surface area contributed by atoms with Crippen LogP contribution in [0.1, 0.15) is 5.56 Å². The predicted octanol–water partition coefficient (Wildman–Crippen LogP) is 2.27. The third-order valence-corrected chi connectivity index (χ3v) is 2.93. The Morgan fingerprint density at radius 3 is 2.75 bits per heavy atom. The summed E-state index contributed by atoms with van der Waals surface area (Å²) in [4.78, 5) is 4.41. The van der Waals surface area contributed by atoms with E-state index in [9.17, 15) is 0 Å². The summed E-state index contributed by atoms with van der Waals surface area (Å²) in [7, 11) is 1.84. The normalized spacial score (nSPS) is 10.7. The molecule has 6 heteroatoms. The first-order chi connectivity index (χ1) is 9.72. The van der Waals surface area contributed by atoms with Crippen LogP contribution in [0.2, 0.25) is 0 Å². The Balaban J connectivity index is 1.73. The Bertz CT molecular complexity index is 685. The molecular weight excluding hydrogens is 254 g/mol. The first-order valence-electron chi connectivity index (χ1n) is 6.25. The Labute approximate surface area is 116 Å². The predicted molar refractivity (Wildman–Crippen MR) is 76.9 cm³/mol. The summed E-state index contributed by atoms with van der Waals surface area (Å²) in [5, 5.41) is 7.55. The molecule has 0 bridgehead atoms. The number of anilines is 2. The fourth-order valence-electron chi connectivity index (χ4n) is 1.87. The summed E-state index contributed by atoms with van der Waals surface area (Å²) < 4.78 is 6.97.